The van der Waals surface area contributed by atoms with E-state index in [1.54, 1.807) is 0 Å². The Morgan fingerprint density at radius 2 is 1.89 bits per heavy atom. The van der Waals surface area contributed by atoms with Gasteiger partial charge in [0.25, 0.3) is 0 Å². The summed E-state index contributed by atoms with van der Waals surface area (Å²) in [6.45, 7) is 7.27. The summed E-state index contributed by atoms with van der Waals surface area (Å²) in [6.07, 6.45) is 5.19. The molecule has 2 rings (SSSR count). The summed E-state index contributed by atoms with van der Waals surface area (Å²) in [7, 11) is 0. The van der Waals surface area contributed by atoms with Crippen molar-refractivity contribution in [1.29, 1.82) is 0 Å². The molecule has 0 bridgehead atoms. The highest BCUT2D eigenvalue weighted by atomic mass is 15.1. The minimum atomic E-state index is 0.595. The highest BCUT2D eigenvalue weighted by molar-refractivity contribution is 5.48. The molecule has 0 saturated heterocycles. The zero-order chi connectivity index (χ0) is 13.0. The molecule has 0 atom stereocenters. The van der Waals surface area contributed by atoms with Crippen LogP contribution in [0.5, 0.6) is 0 Å². The lowest BCUT2D eigenvalue weighted by Gasteiger charge is -2.15. The van der Waals surface area contributed by atoms with Gasteiger partial charge in [0.1, 0.15) is 17.5 Å². The summed E-state index contributed by atoms with van der Waals surface area (Å²) >= 11 is 0. The van der Waals surface area contributed by atoms with E-state index in [2.05, 4.69) is 34.4 Å². The van der Waals surface area contributed by atoms with Gasteiger partial charge in [0.2, 0.25) is 0 Å². The first-order valence-electron chi connectivity index (χ1n) is 6.99. The van der Waals surface area contributed by atoms with Crippen molar-refractivity contribution in [3.8, 4) is 0 Å². The van der Waals surface area contributed by atoms with Crippen LogP contribution in [-0.2, 0) is 0 Å². The minimum Gasteiger partial charge on any atom is -0.370 e. The SMILES string of the molecule is Cc1nc(NCC(C)C)cc(NC2CCCC2)n1. The standard InChI is InChI=1S/C14H24N4/c1-10(2)9-15-13-8-14(17-11(3)16-13)18-12-6-4-5-7-12/h8,10,12H,4-7,9H2,1-3H3,(H2,15,16,17,18). The van der Waals surface area contributed by atoms with Gasteiger partial charge in [0, 0.05) is 18.7 Å². The van der Waals surface area contributed by atoms with Crippen molar-refractivity contribution in [2.75, 3.05) is 17.2 Å². The lowest BCUT2D eigenvalue weighted by molar-refractivity contribution is 0.686. The van der Waals surface area contributed by atoms with Crippen LogP contribution in [0.15, 0.2) is 6.07 Å². The average molecular weight is 248 g/mol. The summed E-state index contributed by atoms with van der Waals surface area (Å²) < 4.78 is 0. The third-order valence-corrected chi connectivity index (χ3v) is 3.24. The maximum Gasteiger partial charge on any atom is 0.132 e. The van der Waals surface area contributed by atoms with E-state index in [1.807, 2.05) is 13.0 Å². The molecule has 0 radical (unpaired) electrons. The van der Waals surface area contributed by atoms with Gasteiger partial charge in [-0.25, -0.2) is 9.97 Å². The molecule has 0 amide bonds. The van der Waals surface area contributed by atoms with Crippen molar-refractivity contribution in [3.63, 3.8) is 0 Å². The lowest BCUT2D eigenvalue weighted by Crippen LogP contribution is -2.17. The first-order valence-corrected chi connectivity index (χ1v) is 6.99. The van der Waals surface area contributed by atoms with Crippen LogP contribution < -0.4 is 10.6 Å². The third-order valence-electron chi connectivity index (χ3n) is 3.24. The van der Waals surface area contributed by atoms with Crippen molar-refractivity contribution >= 4 is 11.6 Å². The van der Waals surface area contributed by atoms with Crippen LogP contribution in [0.2, 0.25) is 0 Å². The van der Waals surface area contributed by atoms with Gasteiger partial charge in [-0.2, -0.15) is 0 Å². The number of aryl methyl sites for hydroxylation is 1. The fourth-order valence-electron chi connectivity index (χ4n) is 2.32. The fraction of sp³-hybridized carbons (Fsp3) is 0.714. The van der Waals surface area contributed by atoms with Gasteiger partial charge in [-0.1, -0.05) is 26.7 Å². The monoisotopic (exact) mass is 248 g/mol. The summed E-state index contributed by atoms with van der Waals surface area (Å²) in [5.74, 6) is 3.33. The zero-order valence-corrected chi connectivity index (χ0v) is 11.7. The number of nitrogens with one attached hydrogen (secondary N) is 2. The molecule has 1 aliphatic rings. The Balaban J connectivity index is 2.00. The summed E-state index contributed by atoms with van der Waals surface area (Å²) in [5, 5.41) is 6.88. The Kier molecular flexibility index (Phi) is 4.39. The normalized spacial score (nSPS) is 16.2. The minimum absolute atomic E-state index is 0.595. The predicted octanol–water partition coefficient (Wildman–Crippen LogP) is 3.21. The molecule has 0 unspecified atom stereocenters. The smallest absolute Gasteiger partial charge is 0.132 e. The number of anilines is 2. The maximum absolute atomic E-state index is 4.46. The molecule has 100 valence electrons. The molecule has 4 heteroatoms. The molecule has 1 fully saturated rings. The molecule has 1 aromatic heterocycles. The topological polar surface area (TPSA) is 49.8 Å². The van der Waals surface area contributed by atoms with Crippen molar-refractivity contribution in [2.45, 2.75) is 52.5 Å². The molecule has 1 saturated carbocycles. The van der Waals surface area contributed by atoms with E-state index in [0.717, 1.165) is 24.0 Å². The fourth-order valence-corrected chi connectivity index (χ4v) is 2.32. The Hall–Kier alpha value is -1.32. The molecule has 1 aromatic rings. The predicted molar refractivity (Wildman–Crippen MR) is 76.0 cm³/mol. The van der Waals surface area contributed by atoms with Crippen LogP contribution in [0, 0.1) is 12.8 Å². The number of rotatable bonds is 5. The number of aromatic nitrogens is 2. The van der Waals surface area contributed by atoms with Gasteiger partial charge < -0.3 is 10.6 Å². The molecule has 1 aliphatic carbocycles. The molecule has 18 heavy (non-hydrogen) atoms. The maximum atomic E-state index is 4.46. The molecule has 0 aliphatic heterocycles. The largest absolute Gasteiger partial charge is 0.370 e. The van der Waals surface area contributed by atoms with E-state index in [0.29, 0.717) is 12.0 Å². The molecule has 0 spiro atoms. The molecule has 2 N–H and O–H groups in total. The van der Waals surface area contributed by atoms with E-state index in [-0.39, 0.29) is 0 Å². The van der Waals surface area contributed by atoms with Crippen LogP contribution in [0.4, 0.5) is 11.6 Å². The van der Waals surface area contributed by atoms with E-state index in [1.165, 1.54) is 25.7 Å². The highest BCUT2D eigenvalue weighted by Gasteiger charge is 2.15. The second kappa shape index (κ2) is 6.03. The van der Waals surface area contributed by atoms with Crippen LogP contribution in [0.3, 0.4) is 0 Å². The number of nitrogens with zero attached hydrogens (tertiary/aromatic N) is 2. The Morgan fingerprint density at radius 3 is 2.56 bits per heavy atom. The summed E-state index contributed by atoms with van der Waals surface area (Å²) in [5.41, 5.74) is 0. The third kappa shape index (κ3) is 3.86. The second-order valence-corrected chi connectivity index (χ2v) is 5.59. The van der Waals surface area contributed by atoms with Gasteiger partial charge in [-0.15, -0.1) is 0 Å². The van der Waals surface area contributed by atoms with Crippen LogP contribution >= 0.6 is 0 Å². The van der Waals surface area contributed by atoms with Gasteiger partial charge >= 0.3 is 0 Å². The van der Waals surface area contributed by atoms with E-state index in [4.69, 9.17) is 0 Å². The second-order valence-electron chi connectivity index (χ2n) is 5.59. The first kappa shape index (κ1) is 13.1. The van der Waals surface area contributed by atoms with Crippen LogP contribution in [-0.4, -0.2) is 22.6 Å². The summed E-state index contributed by atoms with van der Waals surface area (Å²) in [6, 6.07) is 2.62. The highest BCUT2D eigenvalue weighted by Crippen LogP contribution is 2.22. The molecule has 1 heterocycles. The van der Waals surface area contributed by atoms with Crippen LogP contribution in [0.25, 0.3) is 0 Å². The van der Waals surface area contributed by atoms with Crippen molar-refractivity contribution in [3.05, 3.63) is 11.9 Å². The van der Waals surface area contributed by atoms with E-state index >= 15 is 0 Å². The lowest BCUT2D eigenvalue weighted by atomic mass is 10.2. The Labute approximate surface area is 110 Å². The number of hydrogen-bond donors (Lipinski definition) is 2. The molecular weight excluding hydrogens is 224 g/mol. The van der Waals surface area contributed by atoms with E-state index < -0.39 is 0 Å². The quantitative estimate of drug-likeness (QED) is 0.840. The van der Waals surface area contributed by atoms with Gasteiger partial charge in [0.05, 0.1) is 0 Å². The Bertz CT molecular complexity index is 383. The Morgan fingerprint density at radius 1 is 1.22 bits per heavy atom. The van der Waals surface area contributed by atoms with Gasteiger partial charge in [-0.3, -0.25) is 0 Å². The van der Waals surface area contributed by atoms with Crippen LogP contribution in [0.1, 0.15) is 45.4 Å². The number of hydrogen-bond acceptors (Lipinski definition) is 4. The van der Waals surface area contributed by atoms with E-state index in [9.17, 15) is 0 Å². The van der Waals surface area contributed by atoms with Crippen molar-refractivity contribution in [1.82, 2.24) is 9.97 Å². The molecule has 4 nitrogen and oxygen atoms in total. The van der Waals surface area contributed by atoms with Crippen molar-refractivity contribution in [2.24, 2.45) is 5.92 Å². The van der Waals surface area contributed by atoms with Crippen molar-refractivity contribution < 1.29 is 0 Å². The van der Waals surface area contributed by atoms with Gasteiger partial charge in [-0.05, 0) is 25.7 Å². The zero-order valence-electron chi connectivity index (χ0n) is 11.7. The van der Waals surface area contributed by atoms with Gasteiger partial charge in [0.15, 0.2) is 0 Å². The average Bonchev–Trinajstić information content (AvgIpc) is 2.78. The molecule has 0 aromatic carbocycles. The first-order chi connectivity index (χ1) is 8.63. The molecular formula is C14H24N4. The summed E-state index contributed by atoms with van der Waals surface area (Å²) in [4.78, 5) is 8.88.